The number of carboxylic acid groups (broad SMARTS) is 1. The maximum atomic E-state index is 12.1. The Bertz CT molecular complexity index is 799. The van der Waals surface area contributed by atoms with Crippen LogP contribution >= 0.6 is 22.9 Å². The van der Waals surface area contributed by atoms with Gasteiger partial charge in [-0.1, -0.05) is 29.0 Å². The van der Waals surface area contributed by atoms with E-state index in [9.17, 15) is 13.2 Å². The van der Waals surface area contributed by atoms with Gasteiger partial charge in [0.05, 0.1) is 4.90 Å². The van der Waals surface area contributed by atoms with E-state index in [0.29, 0.717) is 9.90 Å². The van der Waals surface area contributed by atoms with Crippen LogP contribution in [0.15, 0.2) is 41.4 Å². The van der Waals surface area contributed by atoms with Crippen LogP contribution in [0.2, 0.25) is 5.02 Å². The van der Waals surface area contributed by atoms with E-state index in [1.165, 1.54) is 30.5 Å². The Balaban J connectivity index is 2.20. The Labute approximate surface area is 129 Å². The summed E-state index contributed by atoms with van der Waals surface area (Å²) in [5.41, 5.74) is 0. The molecule has 2 rings (SSSR count). The molecule has 1 aromatic heterocycles. The monoisotopic (exact) mass is 344 g/mol. The molecule has 0 radical (unpaired) electrons. The smallest absolute Gasteiger partial charge is 0.328 e. The predicted octanol–water partition coefficient (Wildman–Crippen LogP) is 2.70. The second kappa shape index (κ2) is 6.25. The topological polar surface area (TPSA) is 96.4 Å². The van der Waals surface area contributed by atoms with Crippen molar-refractivity contribution in [1.29, 1.82) is 0 Å². The number of halogens is 1. The number of rotatable bonds is 5. The Morgan fingerprint density at radius 1 is 1.43 bits per heavy atom. The maximum Gasteiger partial charge on any atom is 0.328 e. The molecule has 0 aliphatic carbocycles. The summed E-state index contributed by atoms with van der Waals surface area (Å²) in [5.74, 6) is -1.09. The van der Waals surface area contributed by atoms with Crippen molar-refractivity contribution < 1.29 is 18.3 Å². The van der Waals surface area contributed by atoms with Crippen molar-refractivity contribution in [2.24, 2.45) is 0 Å². The first-order valence-corrected chi connectivity index (χ1v) is 8.20. The van der Waals surface area contributed by atoms with Gasteiger partial charge in [-0.2, -0.15) is 0 Å². The minimum Gasteiger partial charge on any atom is -0.478 e. The highest BCUT2D eigenvalue weighted by molar-refractivity contribution is 7.93. The lowest BCUT2D eigenvalue weighted by Crippen LogP contribution is -2.12. The van der Waals surface area contributed by atoms with Gasteiger partial charge in [0.15, 0.2) is 5.13 Å². The van der Waals surface area contributed by atoms with Gasteiger partial charge in [0.25, 0.3) is 10.0 Å². The Morgan fingerprint density at radius 3 is 2.86 bits per heavy atom. The van der Waals surface area contributed by atoms with Crippen molar-refractivity contribution in [3.63, 3.8) is 0 Å². The van der Waals surface area contributed by atoms with Gasteiger partial charge in [0.2, 0.25) is 0 Å². The first-order valence-electron chi connectivity index (χ1n) is 5.52. The molecule has 0 saturated heterocycles. The van der Waals surface area contributed by atoms with Crippen LogP contribution in [-0.4, -0.2) is 24.5 Å². The molecule has 1 heterocycles. The average Bonchev–Trinajstić information content (AvgIpc) is 2.83. The van der Waals surface area contributed by atoms with Crippen LogP contribution in [0.1, 0.15) is 4.88 Å². The van der Waals surface area contributed by atoms with E-state index in [0.717, 1.165) is 17.4 Å². The molecule has 0 aliphatic rings. The zero-order valence-electron chi connectivity index (χ0n) is 10.4. The summed E-state index contributed by atoms with van der Waals surface area (Å²) in [6, 6.07) is 5.83. The molecule has 6 nitrogen and oxygen atoms in total. The highest BCUT2D eigenvalue weighted by atomic mass is 35.5. The largest absolute Gasteiger partial charge is 0.478 e. The van der Waals surface area contributed by atoms with Crippen LogP contribution in [-0.2, 0) is 14.8 Å². The SMILES string of the molecule is O=C(O)C=Cc1cnc(NS(=O)(=O)c2cccc(Cl)c2)s1. The minimum atomic E-state index is -3.78. The molecule has 0 bridgehead atoms. The van der Waals surface area contributed by atoms with Crippen LogP contribution in [0.4, 0.5) is 5.13 Å². The molecular formula is C12H9ClN2O4S2. The van der Waals surface area contributed by atoms with Gasteiger partial charge in [0.1, 0.15) is 0 Å². The van der Waals surface area contributed by atoms with E-state index in [1.807, 2.05) is 0 Å². The normalized spacial score (nSPS) is 11.7. The van der Waals surface area contributed by atoms with E-state index in [1.54, 1.807) is 6.07 Å². The molecule has 2 aromatic rings. The minimum absolute atomic E-state index is 0.0211. The van der Waals surface area contributed by atoms with Gasteiger partial charge in [-0.25, -0.2) is 18.2 Å². The molecule has 0 spiro atoms. The van der Waals surface area contributed by atoms with Gasteiger partial charge < -0.3 is 5.11 Å². The van der Waals surface area contributed by atoms with Gasteiger partial charge in [-0.15, -0.1) is 0 Å². The molecular weight excluding hydrogens is 336 g/mol. The number of aromatic nitrogens is 1. The van der Waals surface area contributed by atoms with E-state index in [2.05, 4.69) is 9.71 Å². The number of carbonyl (C=O) groups is 1. The molecule has 0 saturated carbocycles. The third-order valence-electron chi connectivity index (χ3n) is 2.24. The van der Waals surface area contributed by atoms with Crippen molar-refractivity contribution in [3.8, 4) is 0 Å². The highest BCUT2D eigenvalue weighted by Gasteiger charge is 2.16. The second-order valence-electron chi connectivity index (χ2n) is 3.80. The van der Waals surface area contributed by atoms with Gasteiger partial charge >= 0.3 is 5.97 Å². The quantitative estimate of drug-likeness (QED) is 0.813. The van der Waals surface area contributed by atoms with E-state index >= 15 is 0 Å². The number of aliphatic carboxylic acids is 1. The number of anilines is 1. The zero-order valence-corrected chi connectivity index (χ0v) is 12.7. The van der Waals surface area contributed by atoms with Crippen LogP contribution in [0.3, 0.4) is 0 Å². The number of hydrogen-bond donors (Lipinski definition) is 2. The van der Waals surface area contributed by atoms with Gasteiger partial charge in [-0.3, -0.25) is 4.72 Å². The van der Waals surface area contributed by atoms with Crippen molar-refractivity contribution in [2.75, 3.05) is 4.72 Å². The fourth-order valence-electron chi connectivity index (χ4n) is 1.37. The number of sulfonamides is 1. The summed E-state index contributed by atoms with van der Waals surface area (Å²) in [6.07, 6.45) is 3.65. The first kappa shape index (κ1) is 15.5. The average molecular weight is 345 g/mol. The number of carboxylic acids is 1. The third kappa shape index (κ3) is 4.28. The molecule has 0 amide bonds. The maximum absolute atomic E-state index is 12.1. The van der Waals surface area contributed by atoms with Crippen LogP contribution < -0.4 is 4.72 Å². The van der Waals surface area contributed by atoms with E-state index in [-0.39, 0.29) is 10.0 Å². The number of hydrogen-bond acceptors (Lipinski definition) is 5. The Kier molecular flexibility index (Phi) is 4.61. The molecule has 0 aliphatic heterocycles. The second-order valence-corrected chi connectivity index (χ2v) is 6.98. The molecule has 1 aromatic carbocycles. The lowest BCUT2D eigenvalue weighted by molar-refractivity contribution is -0.131. The summed E-state index contributed by atoms with van der Waals surface area (Å²) in [4.78, 5) is 14.8. The lowest BCUT2D eigenvalue weighted by atomic mass is 10.4. The summed E-state index contributed by atoms with van der Waals surface area (Å²) in [6.45, 7) is 0. The molecule has 110 valence electrons. The van der Waals surface area contributed by atoms with Crippen molar-refractivity contribution in [3.05, 3.63) is 46.4 Å². The molecule has 9 heteroatoms. The van der Waals surface area contributed by atoms with Crippen molar-refractivity contribution in [2.45, 2.75) is 4.90 Å². The Morgan fingerprint density at radius 2 is 2.19 bits per heavy atom. The molecule has 0 atom stereocenters. The van der Waals surface area contributed by atoms with Crippen LogP contribution in [0.25, 0.3) is 6.08 Å². The van der Waals surface area contributed by atoms with Crippen LogP contribution in [0, 0.1) is 0 Å². The highest BCUT2D eigenvalue weighted by Crippen LogP contribution is 2.23. The predicted molar refractivity (Wildman–Crippen MR) is 81.0 cm³/mol. The van der Waals surface area contributed by atoms with Crippen molar-refractivity contribution in [1.82, 2.24) is 4.98 Å². The third-order valence-corrected chi connectivity index (χ3v) is 4.82. The van der Waals surface area contributed by atoms with E-state index in [4.69, 9.17) is 16.7 Å². The standard InChI is InChI=1S/C12H9ClN2O4S2/c13-8-2-1-3-10(6-8)21(18,19)15-12-14-7-9(20-12)4-5-11(16)17/h1-7H,(H,14,15)(H,16,17). The van der Waals surface area contributed by atoms with Crippen molar-refractivity contribution >= 4 is 50.1 Å². The summed E-state index contributed by atoms with van der Waals surface area (Å²) >= 11 is 6.77. The van der Waals surface area contributed by atoms with Gasteiger partial charge in [-0.05, 0) is 24.3 Å². The molecule has 2 N–H and O–H groups in total. The van der Waals surface area contributed by atoms with Crippen LogP contribution in [0.5, 0.6) is 0 Å². The summed E-state index contributed by atoms with van der Waals surface area (Å²) in [7, 11) is -3.78. The molecule has 0 unspecified atom stereocenters. The number of nitrogens with one attached hydrogen (secondary N) is 1. The summed E-state index contributed by atoms with van der Waals surface area (Å²) < 4.78 is 26.5. The number of nitrogens with zero attached hydrogens (tertiary/aromatic N) is 1. The Hall–Kier alpha value is -1.90. The fraction of sp³-hybridized carbons (Fsp3) is 0. The fourth-order valence-corrected chi connectivity index (χ4v) is 3.63. The zero-order chi connectivity index (χ0) is 15.5. The number of thiazole rings is 1. The summed E-state index contributed by atoms with van der Waals surface area (Å²) in [5, 5.41) is 8.96. The molecule has 0 fully saturated rings. The lowest BCUT2D eigenvalue weighted by Gasteiger charge is -2.04. The molecule has 21 heavy (non-hydrogen) atoms. The number of benzene rings is 1. The first-order chi connectivity index (χ1) is 9.87. The van der Waals surface area contributed by atoms with E-state index < -0.39 is 16.0 Å². The van der Waals surface area contributed by atoms with Gasteiger partial charge in [0, 0.05) is 22.2 Å².